The highest BCUT2D eigenvalue weighted by molar-refractivity contribution is 14.2. The summed E-state index contributed by atoms with van der Waals surface area (Å²) in [5.41, 5.74) is 0. The van der Waals surface area contributed by atoms with E-state index in [0.29, 0.717) is 0 Å². The van der Waals surface area contributed by atoms with Crippen LogP contribution in [-0.2, 0) is 0 Å². The van der Waals surface area contributed by atoms with E-state index in [0.717, 1.165) is 11.8 Å². The Balaban J connectivity index is 1.97. The van der Waals surface area contributed by atoms with Crippen molar-refractivity contribution in [2.45, 2.75) is 0 Å². The second-order valence-electron chi connectivity index (χ2n) is 0.189. The Kier molecular flexibility index (Phi) is 8.41. The summed E-state index contributed by atoms with van der Waals surface area (Å²) >= 11 is 4.77. The van der Waals surface area contributed by atoms with Crippen LogP contribution < -0.4 is 0 Å². The van der Waals surface area contributed by atoms with Gasteiger partial charge in [0, 0.05) is 0 Å². The van der Waals surface area contributed by atoms with E-state index in [-0.39, 0.29) is 0 Å². The summed E-state index contributed by atoms with van der Waals surface area (Å²) < 4.78 is 0. The summed E-state index contributed by atoms with van der Waals surface area (Å²) in [6.07, 6.45) is 0. The van der Waals surface area contributed by atoms with E-state index in [1.54, 1.807) is 0 Å². The molecule has 0 amide bonds. The standard InChI is InChI=1S/H2I2P2/c1-3-4-2/h3-4H. The van der Waals surface area contributed by atoms with Gasteiger partial charge in [-0.25, -0.2) is 0 Å². The lowest BCUT2D eigenvalue weighted by Crippen LogP contribution is -0.749. The average Bonchev–Trinajstić information content (AvgIpc) is 1.37. The normalized spacial score (nSPS) is 13.5. The Morgan fingerprint density at radius 2 is 1.25 bits per heavy atom. The third kappa shape index (κ3) is 4.32. The molecule has 0 bridgehead atoms. The van der Waals surface area contributed by atoms with Gasteiger partial charge in [-0.15, -0.1) is 0 Å². The number of rotatable bonds is 1. The van der Waals surface area contributed by atoms with Crippen molar-refractivity contribution in [1.82, 2.24) is 0 Å². The molecule has 0 spiro atoms. The van der Waals surface area contributed by atoms with Gasteiger partial charge < -0.3 is 0 Å². The Morgan fingerprint density at radius 3 is 1.25 bits per heavy atom. The van der Waals surface area contributed by atoms with E-state index in [4.69, 9.17) is 0 Å². The molecule has 0 aromatic rings. The fraction of sp³-hybridized carbons (Fsp3) is 0. The van der Waals surface area contributed by atoms with Crippen LogP contribution in [-0.4, -0.2) is 0 Å². The lowest BCUT2D eigenvalue weighted by atomic mass is 30.0. The van der Waals surface area contributed by atoms with Crippen molar-refractivity contribution < 1.29 is 0 Å². The molecule has 0 nitrogen and oxygen atoms in total. The summed E-state index contributed by atoms with van der Waals surface area (Å²) in [7, 11) is 0. The molecular formula is H2I2P2. The van der Waals surface area contributed by atoms with Crippen LogP contribution in [0.1, 0.15) is 0 Å². The molecule has 2 atom stereocenters. The molecule has 0 N–H and O–H groups in total. The second kappa shape index (κ2) is 5.32. The van der Waals surface area contributed by atoms with E-state index < -0.39 is 0 Å². The fourth-order valence-corrected chi connectivity index (χ4v) is 0. The molecule has 4 heteroatoms. The molecule has 0 heterocycles. The van der Waals surface area contributed by atoms with Crippen molar-refractivity contribution in [3.63, 3.8) is 0 Å². The maximum atomic E-state index is 2.38. The van der Waals surface area contributed by atoms with Crippen LogP contribution in [0.2, 0.25) is 0 Å². The van der Waals surface area contributed by atoms with Crippen molar-refractivity contribution in [3.05, 3.63) is 0 Å². The third-order valence-electron chi connectivity index (χ3n) is 0.0357. The third-order valence-corrected chi connectivity index (χ3v) is 14.5. The lowest BCUT2D eigenvalue weighted by Gasteiger charge is -1.65. The number of halogens is 2. The van der Waals surface area contributed by atoms with Crippen LogP contribution in [0.4, 0.5) is 0 Å². The van der Waals surface area contributed by atoms with Gasteiger partial charge in [0.05, 0.1) is 0 Å². The molecule has 0 fully saturated rings. The highest BCUT2D eigenvalue weighted by Crippen LogP contribution is 2.49. The first-order chi connectivity index (χ1) is 1.91. The summed E-state index contributed by atoms with van der Waals surface area (Å²) in [5.74, 6) is 2.25. The van der Waals surface area contributed by atoms with Crippen LogP contribution in [0.25, 0.3) is 0 Å². The Bertz CT molecular complexity index is 6.00. The summed E-state index contributed by atoms with van der Waals surface area (Å²) in [6, 6.07) is 0. The largest absolute Gasteiger partial charge is 0.0515 e. The first kappa shape index (κ1) is 6.32. The Labute approximate surface area is 55.3 Å². The minimum atomic E-state index is 1.12. The van der Waals surface area contributed by atoms with Gasteiger partial charge >= 0.3 is 0 Å². The van der Waals surface area contributed by atoms with Gasteiger partial charge in [-0.2, -0.15) is 0 Å². The van der Waals surface area contributed by atoms with Crippen molar-refractivity contribution in [3.8, 4) is 0 Å². The molecule has 0 aromatic heterocycles. The molecule has 26 valence electrons. The second-order valence-corrected chi connectivity index (χ2v) is 11.4. The highest BCUT2D eigenvalue weighted by atomic mass is 127. The molecule has 0 rings (SSSR count). The van der Waals surface area contributed by atoms with E-state index in [9.17, 15) is 0 Å². The molecule has 0 aliphatic rings. The molecule has 0 aliphatic carbocycles. The van der Waals surface area contributed by atoms with Crippen molar-refractivity contribution in [1.29, 1.82) is 0 Å². The van der Waals surface area contributed by atoms with Crippen molar-refractivity contribution in [2.24, 2.45) is 0 Å². The van der Waals surface area contributed by atoms with Gasteiger partial charge in [-0.3, -0.25) is 0 Å². The molecule has 0 radical (unpaired) electrons. The molecule has 4 heavy (non-hydrogen) atoms. The van der Waals surface area contributed by atoms with Crippen LogP contribution in [0.3, 0.4) is 0 Å². The zero-order valence-electron chi connectivity index (χ0n) is 1.76. The van der Waals surface area contributed by atoms with Crippen LogP contribution in [0.15, 0.2) is 0 Å². The van der Waals surface area contributed by atoms with E-state index in [1.165, 1.54) is 0 Å². The fourth-order valence-electron chi connectivity index (χ4n) is 0. The van der Waals surface area contributed by atoms with E-state index in [2.05, 4.69) is 44.1 Å². The van der Waals surface area contributed by atoms with Gasteiger partial charge in [0.2, 0.25) is 0 Å². The topological polar surface area (TPSA) is 0 Å². The molecule has 2 unspecified atom stereocenters. The zero-order chi connectivity index (χ0) is 3.41. The predicted molar refractivity (Wildman–Crippen MR) is 44.7 cm³/mol. The minimum absolute atomic E-state index is 1.12. The maximum Gasteiger partial charge on any atom is -0.0228 e. The smallest absolute Gasteiger partial charge is 0.0228 e. The summed E-state index contributed by atoms with van der Waals surface area (Å²) in [6.45, 7) is 0. The van der Waals surface area contributed by atoms with Gasteiger partial charge in [0.15, 0.2) is 0 Å². The minimum Gasteiger partial charge on any atom is -0.0515 e. The lowest BCUT2D eigenvalue weighted by molar-refractivity contribution is 5.80. The predicted octanol–water partition coefficient (Wildman–Crippen LogP) is 2.96. The maximum absolute atomic E-state index is 2.38. The monoisotopic (exact) mass is 318 g/mol. The van der Waals surface area contributed by atoms with Gasteiger partial charge in [0.1, 0.15) is 0 Å². The van der Waals surface area contributed by atoms with Gasteiger partial charge in [-0.05, 0) is 11.8 Å². The molecule has 0 aliphatic heterocycles. The molecular weight excluding hydrogens is 316 g/mol. The number of hydrogen-bond acceptors (Lipinski definition) is 0. The Hall–Kier alpha value is 2.32. The average molecular weight is 318 g/mol. The zero-order valence-corrected chi connectivity index (χ0v) is 8.07. The molecule has 0 aromatic carbocycles. The number of hydrogen-bond donors (Lipinski definition) is 0. The quantitative estimate of drug-likeness (QED) is 0.515. The molecule has 0 saturated heterocycles. The van der Waals surface area contributed by atoms with Gasteiger partial charge in [-0.1, -0.05) is 44.1 Å². The first-order valence-electron chi connectivity index (χ1n) is 0.628. The summed E-state index contributed by atoms with van der Waals surface area (Å²) in [4.78, 5) is 0. The molecule has 0 saturated carbocycles. The van der Waals surface area contributed by atoms with Crippen molar-refractivity contribution >= 4 is 55.9 Å². The van der Waals surface area contributed by atoms with Crippen LogP contribution >= 0.6 is 55.9 Å². The SMILES string of the molecule is IPPI. The Morgan fingerprint density at radius 1 is 1.00 bits per heavy atom. The van der Waals surface area contributed by atoms with E-state index >= 15 is 0 Å². The summed E-state index contributed by atoms with van der Waals surface area (Å²) in [5, 5.41) is 0. The van der Waals surface area contributed by atoms with Crippen LogP contribution in [0, 0.1) is 0 Å². The van der Waals surface area contributed by atoms with Crippen LogP contribution in [0.5, 0.6) is 0 Å². The first-order valence-corrected chi connectivity index (χ1v) is 9.86. The van der Waals surface area contributed by atoms with Gasteiger partial charge in [0.25, 0.3) is 0 Å². The van der Waals surface area contributed by atoms with E-state index in [1.807, 2.05) is 0 Å². The van der Waals surface area contributed by atoms with Crippen molar-refractivity contribution in [2.75, 3.05) is 0 Å². The highest BCUT2D eigenvalue weighted by Gasteiger charge is 1.59.